The van der Waals surface area contributed by atoms with Gasteiger partial charge in [-0.3, -0.25) is 100 Å². The van der Waals surface area contributed by atoms with Crippen molar-refractivity contribution >= 4 is 203 Å². The van der Waals surface area contributed by atoms with Crippen molar-refractivity contribution < 1.29 is 0 Å². The number of para-hydroxylation sites is 2. The molecule has 0 spiro atoms. The van der Waals surface area contributed by atoms with Crippen LogP contribution in [0.4, 0.5) is 115 Å². The lowest BCUT2D eigenvalue weighted by Crippen LogP contribution is -2.00. The van der Waals surface area contributed by atoms with Gasteiger partial charge in [-0.1, -0.05) is 60.7 Å². The molecule has 0 atom stereocenters. The van der Waals surface area contributed by atoms with Gasteiger partial charge in [0.05, 0.1) is 65.5 Å². The molecule has 15 aromatic heterocycles. The summed E-state index contributed by atoms with van der Waals surface area (Å²) in [4.78, 5) is 80.6. The van der Waals surface area contributed by atoms with Gasteiger partial charge in [0.1, 0.15) is 46.5 Å². The molecule has 23 aromatic rings. The molecule has 2 fully saturated rings. The highest BCUT2D eigenvalue weighted by Gasteiger charge is 2.27. The van der Waals surface area contributed by atoms with E-state index in [9.17, 15) is 24.0 Å². The Kier molecular flexibility index (Phi) is 21.9. The Labute approximate surface area is 753 Å². The van der Waals surface area contributed by atoms with Crippen molar-refractivity contribution in [3.8, 4) is 0 Å². The minimum atomic E-state index is -0.132. The van der Waals surface area contributed by atoms with Crippen molar-refractivity contribution in [2.75, 3.05) is 53.2 Å². The number of benzene rings is 8. The van der Waals surface area contributed by atoms with Gasteiger partial charge in [0.15, 0.2) is 29.1 Å². The number of hydrogen-bond acceptors (Lipinski definition) is 25. The number of fused-ring (bicyclic) bond motifs is 8. The zero-order valence-corrected chi connectivity index (χ0v) is 70.8. The Balaban J connectivity index is 0.000000101. The predicted molar refractivity (Wildman–Crippen MR) is 523 cm³/mol. The van der Waals surface area contributed by atoms with Crippen LogP contribution < -0.4 is 81.0 Å². The maximum atomic E-state index is 11.7. The van der Waals surface area contributed by atoms with Gasteiger partial charge in [-0.25, -0.2) is 24.9 Å². The molecule has 25 N–H and O–H groups in total. The number of aromatic nitrogens is 25. The molecule has 0 aliphatic heterocycles. The maximum Gasteiger partial charge on any atom is 0.271 e. The summed E-state index contributed by atoms with van der Waals surface area (Å²) >= 11 is 0. The average Bonchev–Trinajstić information content (AvgIpc) is 1.13. The Hall–Kier alpha value is -19.3. The second-order valence-corrected chi connectivity index (χ2v) is 31.8. The third-order valence-electron chi connectivity index (χ3n) is 22.2. The molecule has 662 valence electrons. The molecule has 0 amide bonds. The Morgan fingerprint density at radius 3 is 1.03 bits per heavy atom. The van der Waals surface area contributed by atoms with E-state index in [0.29, 0.717) is 79.5 Å². The van der Waals surface area contributed by atoms with E-state index in [1.54, 1.807) is 42.7 Å². The number of aryl methyl sites for hydroxylation is 1. The first kappa shape index (κ1) is 81.7. The Morgan fingerprint density at radius 1 is 0.239 bits per heavy atom. The molecule has 25 rings (SSSR count). The fourth-order valence-electron chi connectivity index (χ4n) is 15.2. The van der Waals surface area contributed by atoms with Crippen LogP contribution in [-0.4, -0.2) is 127 Å². The van der Waals surface area contributed by atoms with Crippen LogP contribution in [0.25, 0.3) is 87.1 Å². The molecule has 134 heavy (non-hydrogen) atoms. The molecule has 40 nitrogen and oxygen atoms in total. The lowest BCUT2D eigenvalue weighted by atomic mass is 10.1. The minimum Gasteiger partial charge on any atom is -0.340 e. The number of rotatable bonds is 22. The van der Waals surface area contributed by atoms with Gasteiger partial charge in [0.2, 0.25) is 0 Å². The first-order valence-corrected chi connectivity index (χ1v) is 42.6. The van der Waals surface area contributed by atoms with Crippen LogP contribution in [0.15, 0.2) is 285 Å². The van der Waals surface area contributed by atoms with Crippen LogP contribution in [0.5, 0.6) is 0 Å². The molecule has 15 heterocycles. The number of pyridine rings is 5. The van der Waals surface area contributed by atoms with Crippen LogP contribution in [0.1, 0.15) is 54.6 Å². The number of anilines is 20. The maximum absolute atomic E-state index is 11.7. The van der Waals surface area contributed by atoms with E-state index in [0.717, 1.165) is 141 Å². The van der Waals surface area contributed by atoms with E-state index in [1.165, 1.54) is 37.1 Å². The summed E-state index contributed by atoms with van der Waals surface area (Å²) in [5.74, 6) is 10.6. The normalized spacial score (nSPS) is 12.2. The van der Waals surface area contributed by atoms with Gasteiger partial charge in [-0.15, -0.1) is 0 Å². The van der Waals surface area contributed by atoms with Gasteiger partial charge in [0.25, 0.3) is 27.8 Å². The quantitative estimate of drug-likeness (QED) is 0.0300. The van der Waals surface area contributed by atoms with Crippen LogP contribution >= 0.6 is 0 Å². The highest BCUT2D eigenvalue weighted by Crippen LogP contribution is 2.42. The zero-order valence-electron chi connectivity index (χ0n) is 70.8. The third-order valence-corrected chi connectivity index (χ3v) is 22.2. The highest BCUT2D eigenvalue weighted by molar-refractivity contribution is 5.97. The number of nitrogens with zero attached hydrogens (tertiary/aromatic N) is 10. The molecule has 2 saturated carbocycles. The van der Waals surface area contributed by atoms with E-state index >= 15 is 0 Å². The Bertz CT molecular complexity index is 8340. The topological polar surface area (TPSA) is 571 Å². The number of aromatic amines is 15. The molecular formula is C94H81N35O5. The lowest BCUT2D eigenvalue weighted by Gasteiger charge is -2.12. The largest absolute Gasteiger partial charge is 0.340 e. The number of hydrogen-bond donors (Lipinski definition) is 25. The Morgan fingerprint density at radius 2 is 0.590 bits per heavy atom. The van der Waals surface area contributed by atoms with Crippen LogP contribution in [0.3, 0.4) is 0 Å². The van der Waals surface area contributed by atoms with Crippen LogP contribution in [0.2, 0.25) is 0 Å². The molecule has 0 bridgehead atoms. The van der Waals surface area contributed by atoms with Crippen LogP contribution in [0, 0.1) is 6.92 Å². The first-order valence-electron chi connectivity index (χ1n) is 42.6. The summed E-state index contributed by atoms with van der Waals surface area (Å²) in [5, 5.41) is 104. The summed E-state index contributed by atoms with van der Waals surface area (Å²) in [6.45, 7) is 1.94. The molecule has 2 aliphatic carbocycles. The first-order chi connectivity index (χ1) is 65.7. The van der Waals surface area contributed by atoms with Crippen molar-refractivity contribution in [1.82, 2.24) is 127 Å². The molecule has 0 radical (unpaired) electrons. The van der Waals surface area contributed by atoms with E-state index < -0.39 is 0 Å². The highest BCUT2D eigenvalue weighted by atomic mass is 16.1. The van der Waals surface area contributed by atoms with Crippen molar-refractivity contribution in [2.45, 2.75) is 44.4 Å². The van der Waals surface area contributed by atoms with Crippen LogP contribution in [-0.2, 0) is 0 Å². The summed E-state index contributed by atoms with van der Waals surface area (Å²) in [7, 11) is 0. The second kappa shape index (κ2) is 35.8. The molecular weight excluding hydrogens is 1700 g/mol. The van der Waals surface area contributed by atoms with Gasteiger partial charge in [-0.2, -0.15) is 25.5 Å². The fraction of sp³-hybridized carbons (Fsp3) is 0.0745. The lowest BCUT2D eigenvalue weighted by molar-refractivity contribution is 0.966. The average molecular weight is 1780 g/mol. The molecule has 40 heteroatoms. The standard InChI is InChI=1S/C22H19N7O.2C19H15N7O.C18H17N7O.C16H15N7O/c30-22-16-8-7-14(10-18(16)27-29-22)23-19-9-13-3-1-2-4-15(13)21(24-19)25-20-11-17(26-28-20)12-5-6-12;27-19-13-9-8-11(10-15(13)24-26-19)20-16-6-3-7-17(21-16)22-18-12-4-1-2-5-14(12)23-25-18;27-19-14-6-5-11(9-16(14)24-26-19)21-17-10-12(7-8-20-17)22-18-13-3-1-2-4-15(13)23-25-18;26-18-12-7-6-11(8-14(12)23-25-18)19-15-2-1-3-16(20-15)21-17-9-13(22-24-17)10-4-5-10;1-9-6-15(22-20-9)19-11-4-5-17-14(8-11)18-10-2-3-12-13(7-10)21-23-16(12)24/h1-4,7-12H,5-6H2,(H2,27,29,30)(H3,23,24,25,26,28);2*1-10H,(H2,24,26,27)(H3,20,21,22,23,25);1-3,6-10H,4-5H2,(H2,23,25,26)(H3,19,20,21,22,24);2-8H,1H3,(H2,21,23,24)(H3,17,18,19,20,22). The van der Waals surface area contributed by atoms with Gasteiger partial charge in [-0.05, 0) is 196 Å². The zero-order chi connectivity index (χ0) is 90.5. The third kappa shape index (κ3) is 18.6. The SMILES string of the molecule is Cc1cc(Nc2ccnc(Nc3ccc4c(=O)[nH][nH]c4c3)c2)n[nH]1.O=c1[nH][nH]c2cc(Nc3cc(Nc4n[nH]c5ccccc45)ccn3)ccc12.O=c1[nH][nH]c2cc(Nc3cc4ccccc4c(Nc4cc(C5CC5)[nH]n4)n3)ccc12.O=c1[nH][nH]c2cc(Nc3cccc(Nc4cc(C5CC5)[nH]n4)n3)ccc12.O=c1[nH][nH]c2cc(Nc3cccc(Nc4n[nH]c5ccccc45)n3)ccc12. The van der Waals surface area contributed by atoms with E-state index in [1.807, 2.05) is 213 Å². The van der Waals surface area contributed by atoms with Gasteiger partial charge < -0.3 is 53.2 Å². The number of H-pyrrole nitrogens is 15. The van der Waals surface area contributed by atoms with Crippen molar-refractivity contribution in [2.24, 2.45) is 0 Å². The van der Waals surface area contributed by atoms with E-state index in [4.69, 9.17) is 4.98 Å². The summed E-state index contributed by atoms with van der Waals surface area (Å²) in [5.41, 5.74) is 14.2. The molecule has 8 aromatic carbocycles. The molecule has 0 saturated heterocycles. The summed E-state index contributed by atoms with van der Waals surface area (Å²) in [6, 6.07) is 78.2. The summed E-state index contributed by atoms with van der Waals surface area (Å²) in [6.07, 6.45) is 8.33. The smallest absolute Gasteiger partial charge is 0.271 e. The summed E-state index contributed by atoms with van der Waals surface area (Å²) < 4.78 is 0. The van der Waals surface area contributed by atoms with Gasteiger partial charge in [0, 0.05) is 128 Å². The predicted octanol–water partition coefficient (Wildman–Crippen LogP) is 17.8. The number of nitrogens with one attached hydrogen (secondary N) is 25. The molecule has 0 unspecified atom stereocenters. The van der Waals surface area contributed by atoms with Crippen molar-refractivity contribution in [3.63, 3.8) is 0 Å². The second-order valence-electron chi connectivity index (χ2n) is 31.8. The minimum absolute atomic E-state index is 0.125. The monoisotopic (exact) mass is 1780 g/mol. The molecule has 2 aliphatic rings. The van der Waals surface area contributed by atoms with E-state index in [2.05, 4.69) is 187 Å². The van der Waals surface area contributed by atoms with Crippen molar-refractivity contribution in [3.05, 3.63) is 330 Å². The fourth-order valence-corrected chi connectivity index (χ4v) is 15.2. The van der Waals surface area contributed by atoms with E-state index in [-0.39, 0.29) is 27.8 Å². The van der Waals surface area contributed by atoms with Gasteiger partial charge >= 0.3 is 0 Å². The van der Waals surface area contributed by atoms with Crippen molar-refractivity contribution in [1.29, 1.82) is 0 Å².